The molecule has 0 aliphatic carbocycles. The van der Waals surface area contributed by atoms with Crippen molar-refractivity contribution < 1.29 is 35.2 Å². The summed E-state index contributed by atoms with van der Waals surface area (Å²) in [5.41, 5.74) is 1.07. The second kappa shape index (κ2) is 22.7. The summed E-state index contributed by atoms with van der Waals surface area (Å²) in [4.78, 5) is 3.98. The van der Waals surface area contributed by atoms with Crippen LogP contribution in [0.4, 0.5) is 0 Å². The first-order valence-corrected chi connectivity index (χ1v) is 5.21. The van der Waals surface area contributed by atoms with E-state index in [1.54, 1.807) is 25.0 Å². The zero-order chi connectivity index (χ0) is 7.11. The summed E-state index contributed by atoms with van der Waals surface area (Å²) in [7, 11) is 4.61. The maximum absolute atomic E-state index is 4.61. The number of hydrogen-bond donors (Lipinski definition) is 1. The van der Waals surface area contributed by atoms with E-state index in [2.05, 4.69) is 14.4 Å². The van der Waals surface area contributed by atoms with Gasteiger partial charge in [0.2, 0.25) is 0 Å². The molecular weight excluding hydrogens is 379 g/mol. The monoisotopic (exact) mass is 394 g/mol. The molecule has 9 N–H and O–H groups in total. The van der Waals surface area contributed by atoms with E-state index in [9.17, 15) is 0 Å². The van der Waals surface area contributed by atoms with Crippen molar-refractivity contribution in [3.63, 3.8) is 0 Å². The van der Waals surface area contributed by atoms with Crippen LogP contribution >= 0.6 is 9.42 Å². The van der Waals surface area contributed by atoms with Crippen molar-refractivity contribution >= 4 is 9.42 Å². The summed E-state index contributed by atoms with van der Waals surface area (Å²) in [6.45, 7) is 1.97. The summed E-state index contributed by atoms with van der Waals surface area (Å²) >= 11 is 1.61. The third-order valence-electron chi connectivity index (χ3n) is 0.813. The first-order valence-electron chi connectivity index (χ1n) is 2.39. The first kappa shape index (κ1) is 29.3. The van der Waals surface area contributed by atoms with Crippen LogP contribution in [0.5, 0.6) is 0 Å². The van der Waals surface area contributed by atoms with Crippen LogP contribution in [0.2, 0.25) is 0 Å². The van der Waals surface area contributed by atoms with Gasteiger partial charge >= 0.3 is 28.2 Å². The van der Waals surface area contributed by atoms with Crippen LogP contribution in [-0.4, -0.2) is 21.4 Å². The second-order valence-corrected chi connectivity index (χ2v) is 1.47. The molecule has 0 amide bonds. The Balaban J connectivity index is -0.0000000335. The van der Waals surface area contributed by atoms with Crippen molar-refractivity contribution in [2.45, 2.75) is 6.92 Å². The van der Waals surface area contributed by atoms with E-state index in [-0.39, 0.29) is 22.6 Å². The number of nitrogens with zero attached hydrogens (tertiary/aromatic N) is 1. The van der Waals surface area contributed by atoms with Gasteiger partial charge in [0.1, 0.15) is 0 Å². The van der Waals surface area contributed by atoms with Gasteiger partial charge in [-0.3, -0.25) is 4.98 Å². The summed E-state index contributed by atoms with van der Waals surface area (Å²) in [6, 6.07) is 5.86. The van der Waals surface area contributed by atoms with Crippen LogP contribution < -0.4 is 6.15 Å². The molecule has 0 saturated carbocycles. The fourth-order valence-electron chi connectivity index (χ4n) is 0.448. The molecule has 13 heavy (non-hydrogen) atoms. The van der Waals surface area contributed by atoms with Gasteiger partial charge < -0.3 is 22.6 Å². The number of aromatic nitrogens is 1. The third kappa shape index (κ3) is 18.7. The molecule has 0 fully saturated rings. The number of halogens is 1. The Hall–Kier alpha value is -0.0317. The summed E-state index contributed by atoms with van der Waals surface area (Å²) < 4.78 is 0. The minimum atomic E-state index is 0. The van der Waals surface area contributed by atoms with E-state index >= 15 is 0 Å². The zero-order valence-electron chi connectivity index (χ0n) is 7.16. The number of aryl methyl sites for hydroxylation is 1. The SMILES string of the molecule is Cc1ccccn1.N.O.O.O.[Cl][Pt]. The van der Waals surface area contributed by atoms with Crippen LogP contribution in [0.3, 0.4) is 0 Å². The van der Waals surface area contributed by atoms with E-state index in [4.69, 9.17) is 0 Å². The van der Waals surface area contributed by atoms with E-state index < -0.39 is 0 Å². The fourth-order valence-corrected chi connectivity index (χ4v) is 0.448. The van der Waals surface area contributed by atoms with Gasteiger partial charge in [0.05, 0.1) is 0 Å². The molecule has 0 unspecified atom stereocenters. The molecule has 0 aliphatic rings. The molecule has 0 atom stereocenters. The fraction of sp³-hybridized carbons (Fsp3) is 0.167. The Morgan fingerprint density at radius 2 is 1.62 bits per heavy atom. The normalized spacial score (nSPS) is 5.23. The quantitative estimate of drug-likeness (QED) is 0.648. The van der Waals surface area contributed by atoms with Gasteiger partial charge in [-0.25, -0.2) is 0 Å². The van der Waals surface area contributed by atoms with E-state index in [0.29, 0.717) is 0 Å². The molecule has 0 aliphatic heterocycles. The van der Waals surface area contributed by atoms with Gasteiger partial charge in [-0.05, 0) is 19.1 Å². The van der Waals surface area contributed by atoms with Gasteiger partial charge in [0.25, 0.3) is 0 Å². The van der Waals surface area contributed by atoms with Crippen molar-refractivity contribution in [2.75, 3.05) is 0 Å². The Labute approximate surface area is 92.9 Å². The average Bonchev–Trinajstić information content (AvgIpc) is 1.94. The molecule has 0 aromatic carbocycles. The predicted octanol–water partition coefficient (Wildman–Crippen LogP) is -0.235. The third-order valence-corrected chi connectivity index (χ3v) is 0.813. The Kier molecular flexibility index (Phi) is 51.0. The van der Waals surface area contributed by atoms with Crippen LogP contribution in [0, 0.1) is 6.92 Å². The number of pyridine rings is 1. The van der Waals surface area contributed by atoms with Crippen molar-refractivity contribution in [1.29, 1.82) is 0 Å². The Morgan fingerprint density at radius 3 is 1.77 bits per heavy atom. The predicted molar refractivity (Wildman–Crippen MR) is 50.7 cm³/mol. The molecule has 0 radical (unpaired) electrons. The summed E-state index contributed by atoms with van der Waals surface area (Å²) in [5.74, 6) is 0. The van der Waals surface area contributed by atoms with E-state index in [1.807, 2.05) is 25.1 Å². The van der Waals surface area contributed by atoms with Crippen molar-refractivity contribution in [3.05, 3.63) is 30.1 Å². The molecule has 1 aromatic rings. The van der Waals surface area contributed by atoms with Gasteiger partial charge in [0.15, 0.2) is 0 Å². The molecule has 1 heterocycles. The summed E-state index contributed by atoms with van der Waals surface area (Å²) in [6.07, 6.45) is 1.79. The topological polar surface area (TPSA) is 142 Å². The number of hydrogen-bond acceptors (Lipinski definition) is 2. The molecule has 7 heteroatoms. The molecule has 0 saturated heterocycles. The van der Waals surface area contributed by atoms with Crippen LogP contribution in [0.25, 0.3) is 0 Å². The zero-order valence-corrected chi connectivity index (χ0v) is 10.2. The first-order chi connectivity index (χ1) is 4.39. The molecule has 85 valence electrons. The van der Waals surface area contributed by atoms with Gasteiger partial charge in [-0.1, -0.05) is 6.07 Å². The van der Waals surface area contributed by atoms with Crippen LogP contribution in [-0.2, 0) is 18.8 Å². The van der Waals surface area contributed by atoms with Gasteiger partial charge in [-0.2, -0.15) is 0 Å². The Bertz CT molecular complexity index is 156. The van der Waals surface area contributed by atoms with E-state index in [1.165, 1.54) is 0 Å². The van der Waals surface area contributed by atoms with Crippen LogP contribution in [0.15, 0.2) is 24.4 Å². The standard InChI is InChI=1S/C6H7N.ClH.H3N.3H2O.Pt/c1-6-4-2-3-5-7-6;;;;;;/h2-5H,1H3;1H;1H3;3*1H2;/q;;;;;;+1/p-1. The summed E-state index contributed by atoms with van der Waals surface area (Å²) in [5, 5.41) is 0. The minimum absolute atomic E-state index is 0. The average molecular weight is 395 g/mol. The molecule has 5 nitrogen and oxygen atoms in total. The Morgan fingerprint density at radius 1 is 1.15 bits per heavy atom. The van der Waals surface area contributed by atoms with Crippen molar-refractivity contribution in [2.24, 2.45) is 0 Å². The molecule has 1 aromatic heterocycles. The molecule has 1 rings (SSSR count). The molecular formula is C6H16ClN2O3Pt. The van der Waals surface area contributed by atoms with E-state index in [0.717, 1.165) is 5.69 Å². The van der Waals surface area contributed by atoms with Gasteiger partial charge in [-0.15, -0.1) is 0 Å². The maximum atomic E-state index is 4.61. The second-order valence-electron chi connectivity index (χ2n) is 1.47. The van der Waals surface area contributed by atoms with Gasteiger partial charge in [0, 0.05) is 11.9 Å². The molecule has 0 bridgehead atoms. The molecule has 0 spiro atoms. The van der Waals surface area contributed by atoms with Crippen molar-refractivity contribution in [1.82, 2.24) is 11.1 Å². The van der Waals surface area contributed by atoms with Crippen LogP contribution in [0.1, 0.15) is 5.69 Å². The number of rotatable bonds is 0. The van der Waals surface area contributed by atoms with Crippen molar-refractivity contribution in [3.8, 4) is 0 Å².